The zero-order valence-electron chi connectivity index (χ0n) is 11.0. The number of anilines is 1. The molecule has 5 nitrogen and oxygen atoms in total. The quantitative estimate of drug-likeness (QED) is 0.793. The van der Waals surface area contributed by atoms with Crippen LogP contribution in [0.15, 0.2) is 16.6 Å². The smallest absolute Gasteiger partial charge is 0.255 e. The lowest BCUT2D eigenvalue weighted by molar-refractivity contribution is -0.0858. The van der Waals surface area contributed by atoms with Crippen LogP contribution in [0.5, 0.6) is 0 Å². The van der Waals surface area contributed by atoms with E-state index in [0.29, 0.717) is 23.1 Å². The fraction of sp³-hybridized carbons (Fsp3) is 0.462. The van der Waals surface area contributed by atoms with E-state index in [0.717, 1.165) is 0 Å². The Morgan fingerprint density at radius 1 is 1.60 bits per heavy atom. The molecule has 1 aromatic rings. The number of nitrogens with two attached hydrogens (primary N) is 1. The van der Waals surface area contributed by atoms with Gasteiger partial charge in [0.1, 0.15) is 5.82 Å². The third-order valence-electron chi connectivity index (χ3n) is 3.13. The van der Waals surface area contributed by atoms with Gasteiger partial charge in [0.2, 0.25) is 0 Å². The largest absolute Gasteiger partial charge is 0.396 e. The number of nitrogen functional groups attached to an aromatic ring is 1. The first kappa shape index (κ1) is 15.2. The zero-order chi connectivity index (χ0) is 14.9. The van der Waals surface area contributed by atoms with Crippen LogP contribution in [0.2, 0.25) is 0 Å². The van der Waals surface area contributed by atoms with Crippen LogP contribution in [0.3, 0.4) is 0 Å². The molecule has 0 saturated carbocycles. The van der Waals surface area contributed by atoms with Crippen molar-refractivity contribution >= 4 is 27.5 Å². The molecule has 2 rings (SSSR count). The minimum Gasteiger partial charge on any atom is -0.396 e. The van der Waals surface area contributed by atoms with Gasteiger partial charge in [0.15, 0.2) is 0 Å². The third kappa shape index (κ3) is 3.11. The predicted octanol–water partition coefficient (Wildman–Crippen LogP) is 1.39. The molecule has 2 atom stereocenters. The second-order valence-electron chi connectivity index (χ2n) is 4.81. The molecule has 20 heavy (non-hydrogen) atoms. The molecule has 1 amide bonds. The lowest BCUT2D eigenvalue weighted by Crippen LogP contribution is -2.50. The van der Waals surface area contributed by atoms with Crippen molar-refractivity contribution in [2.45, 2.75) is 19.1 Å². The summed E-state index contributed by atoms with van der Waals surface area (Å²) < 4.78 is 19.2. The van der Waals surface area contributed by atoms with E-state index >= 15 is 0 Å². The van der Waals surface area contributed by atoms with Crippen LogP contribution < -0.4 is 5.73 Å². The molecule has 0 aromatic heterocycles. The molecule has 0 aliphatic carbocycles. The summed E-state index contributed by atoms with van der Waals surface area (Å²) in [5, 5.41) is 9.17. The number of nitrogens with zero attached hydrogens (tertiary/aromatic N) is 1. The van der Waals surface area contributed by atoms with Crippen molar-refractivity contribution in [2.75, 3.05) is 25.4 Å². The summed E-state index contributed by atoms with van der Waals surface area (Å²) in [5.41, 5.74) is 5.73. The van der Waals surface area contributed by atoms with E-state index in [4.69, 9.17) is 10.5 Å². The van der Waals surface area contributed by atoms with Crippen molar-refractivity contribution < 1.29 is 19.0 Å². The van der Waals surface area contributed by atoms with Crippen molar-refractivity contribution in [3.8, 4) is 0 Å². The van der Waals surface area contributed by atoms with Crippen LogP contribution in [-0.2, 0) is 4.74 Å². The summed E-state index contributed by atoms with van der Waals surface area (Å²) in [4.78, 5) is 14.0. The van der Waals surface area contributed by atoms with Crippen molar-refractivity contribution in [1.29, 1.82) is 0 Å². The van der Waals surface area contributed by atoms with E-state index in [1.807, 2.05) is 6.92 Å². The topological polar surface area (TPSA) is 75.8 Å². The van der Waals surface area contributed by atoms with Crippen LogP contribution in [-0.4, -0.2) is 47.8 Å². The summed E-state index contributed by atoms with van der Waals surface area (Å²) in [6.45, 7) is 2.39. The highest BCUT2D eigenvalue weighted by molar-refractivity contribution is 9.10. The molecule has 0 bridgehead atoms. The van der Waals surface area contributed by atoms with Gasteiger partial charge in [0.25, 0.3) is 5.91 Å². The number of rotatable bonds is 2. The van der Waals surface area contributed by atoms with E-state index in [1.54, 1.807) is 4.90 Å². The molecule has 2 unspecified atom stereocenters. The first-order chi connectivity index (χ1) is 9.42. The molecule has 0 spiro atoms. The van der Waals surface area contributed by atoms with Crippen LogP contribution in [0.1, 0.15) is 17.3 Å². The summed E-state index contributed by atoms with van der Waals surface area (Å²) >= 11 is 3.17. The molecule has 1 aliphatic heterocycles. The summed E-state index contributed by atoms with van der Waals surface area (Å²) in [6, 6.07) is 2.49. The molecular formula is C13H16BrFN2O3. The van der Waals surface area contributed by atoms with E-state index in [2.05, 4.69) is 15.9 Å². The number of halogens is 2. The zero-order valence-corrected chi connectivity index (χ0v) is 12.6. The summed E-state index contributed by atoms with van der Waals surface area (Å²) in [5.74, 6) is -0.839. The van der Waals surface area contributed by atoms with E-state index in [1.165, 1.54) is 12.1 Å². The maximum atomic E-state index is 13.3. The van der Waals surface area contributed by atoms with Crippen molar-refractivity contribution in [3.63, 3.8) is 0 Å². The Labute approximate surface area is 124 Å². The Hall–Kier alpha value is -1.18. The Morgan fingerprint density at radius 3 is 2.95 bits per heavy atom. The van der Waals surface area contributed by atoms with Crippen molar-refractivity contribution in [3.05, 3.63) is 28.0 Å². The highest BCUT2D eigenvalue weighted by atomic mass is 79.9. The van der Waals surface area contributed by atoms with Crippen LogP contribution >= 0.6 is 15.9 Å². The number of aliphatic hydroxyl groups is 1. The molecule has 1 heterocycles. The second-order valence-corrected chi connectivity index (χ2v) is 5.67. The molecule has 1 fully saturated rings. The SMILES string of the molecule is CC1CN(C(=O)c2cc(N)c(F)cc2Br)CC(CO)O1. The van der Waals surface area contributed by atoms with Crippen LogP contribution in [0.4, 0.5) is 10.1 Å². The number of benzene rings is 1. The normalized spacial score (nSPS) is 22.9. The monoisotopic (exact) mass is 346 g/mol. The number of hydrogen-bond donors (Lipinski definition) is 2. The maximum absolute atomic E-state index is 13.3. The first-order valence-corrected chi connectivity index (χ1v) is 7.01. The molecule has 3 N–H and O–H groups in total. The second kappa shape index (κ2) is 6.07. The fourth-order valence-corrected chi connectivity index (χ4v) is 2.70. The molecule has 1 saturated heterocycles. The van der Waals surface area contributed by atoms with Crippen molar-refractivity contribution in [2.24, 2.45) is 0 Å². The van der Waals surface area contributed by atoms with Gasteiger partial charge in [-0.25, -0.2) is 4.39 Å². The van der Waals surface area contributed by atoms with Gasteiger partial charge in [0.05, 0.1) is 30.1 Å². The van der Waals surface area contributed by atoms with E-state index < -0.39 is 11.9 Å². The lowest BCUT2D eigenvalue weighted by atomic mass is 10.1. The highest BCUT2D eigenvalue weighted by Crippen LogP contribution is 2.25. The van der Waals surface area contributed by atoms with Gasteiger partial charge in [-0.15, -0.1) is 0 Å². The van der Waals surface area contributed by atoms with Crippen LogP contribution in [0, 0.1) is 5.82 Å². The minimum absolute atomic E-state index is 0.0726. The maximum Gasteiger partial charge on any atom is 0.255 e. The Balaban J connectivity index is 2.24. The molecule has 110 valence electrons. The van der Waals surface area contributed by atoms with Gasteiger partial charge in [-0.05, 0) is 35.0 Å². The minimum atomic E-state index is -0.572. The van der Waals surface area contributed by atoms with E-state index in [-0.39, 0.29) is 24.3 Å². The van der Waals surface area contributed by atoms with Gasteiger partial charge in [0, 0.05) is 17.6 Å². The van der Waals surface area contributed by atoms with E-state index in [9.17, 15) is 14.3 Å². The summed E-state index contributed by atoms with van der Waals surface area (Å²) in [7, 11) is 0. The third-order valence-corrected chi connectivity index (χ3v) is 3.79. The number of carbonyl (C=O) groups is 1. The summed E-state index contributed by atoms with van der Waals surface area (Å²) in [6.07, 6.45) is -0.569. The Bertz CT molecular complexity index is 527. The number of ether oxygens (including phenoxy) is 1. The predicted molar refractivity (Wildman–Crippen MR) is 75.8 cm³/mol. The van der Waals surface area contributed by atoms with Crippen molar-refractivity contribution in [1.82, 2.24) is 4.90 Å². The lowest BCUT2D eigenvalue weighted by Gasteiger charge is -2.36. The molecule has 1 aromatic carbocycles. The molecule has 7 heteroatoms. The number of morpholine rings is 1. The average molecular weight is 347 g/mol. The average Bonchev–Trinajstić information content (AvgIpc) is 2.41. The number of amides is 1. The molecule has 0 radical (unpaired) electrons. The van der Waals surface area contributed by atoms with Gasteiger partial charge in [-0.2, -0.15) is 0 Å². The number of hydrogen-bond acceptors (Lipinski definition) is 4. The Morgan fingerprint density at radius 2 is 2.30 bits per heavy atom. The first-order valence-electron chi connectivity index (χ1n) is 6.22. The number of carbonyl (C=O) groups excluding carboxylic acids is 1. The standard InChI is InChI=1S/C13H16BrFN2O3/c1-7-4-17(5-8(6-18)20-7)13(19)9-2-12(16)11(15)3-10(9)14/h2-3,7-8,18H,4-6,16H2,1H3. The van der Waals surface area contributed by atoms with Gasteiger partial charge in [-0.3, -0.25) is 4.79 Å². The van der Waals surface area contributed by atoms with Gasteiger partial charge >= 0.3 is 0 Å². The molecular weight excluding hydrogens is 331 g/mol. The van der Waals surface area contributed by atoms with Gasteiger partial charge < -0.3 is 20.5 Å². The van der Waals surface area contributed by atoms with Gasteiger partial charge in [-0.1, -0.05) is 0 Å². The van der Waals surface area contributed by atoms with Crippen LogP contribution in [0.25, 0.3) is 0 Å². The fourth-order valence-electron chi connectivity index (χ4n) is 2.21. The highest BCUT2D eigenvalue weighted by Gasteiger charge is 2.29. The Kier molecular flexibility index (Phi) is 4.62. The molecule has 1 aliphatic rings. The number of aliphatic hydroxyl groups excluding tert-OH is 1.